The number of benzene rings is 14. The van der Waals surface area contributed by atoms with Crippen molar-refractivity contribution >= 4 is 121 Å². The highest BCUT2D eigenvalue weighted by molar-refractivity contribution is 7.21. The van der Waals surface area contributed by atoms with Gasteiger partial charge in [-0.1, -0.05) is 272 Å². The lowest BCUT2D eigenvalue weighted by Crippen LogP contribution is -2.19. The summed E-state index contributed by atoms with van der Waals surface area (Å²) in [4.78, 5) is 43.1. The van der Waals surface area contributed by atoms with Crippen molar-refractivity contribution in [2.75, 3.05) is 5.32 Å². The van der Waals surface area contributed by atoms with Gasteiger partial charge < -0.3 is 14.5 Å². The van der Waals surface area contributed by atoms with E-state index in [-0.39, 0.29) is 6.17 Å². The molecule has 0 aliphatic carbocycles. The molecule has 0 amide bonds. The number of para-hydroxylation sites is 4. The molecule has 0 saturated heterocycles. The molecular formula is C107H65N12S2+. The van der Waals surface area contributed by atoms with Crippen LogP contribution in [-0.4, -0.2) is 55.4 Å². The van der Waals surface area contributed by atoms with Gasteiger partial charge in [-0.15, -0.1) is 11.3 Å². The fourth-order valence-electron chi connectivity index (χ4n) is 17.6. The number of hydrogen-bond donors (Lipinski definition) is 1. The minimum absolute atomic E-state index is 0.360. The minimum Gasteiger partial charge on any atom is -0.358 e. The summed E-state index contributed by atoms with van der Waals surface area (Å²) in [5.74, 6) is 1.32. The van der Waals surface area contributed by atoms with Crippen molar-refractivity contribution in [3.63, 3.8) is 0 Å². The molecule has 0 spiro atoms. The summed E-state index contributed by atoms with van der Waals surface area (Å²) >= 11 is 3.30. The van der Waals surface area contributed by atoms with Crippen LogP contribution in [0.1, 0.15) is 27.7 Å². The second-order valence-electron chi connectivity index (χ2n) is 30.7. The minimum atomic E-state index is -0.360. The van der Waals surface area contributed by atoms with E-state index in [1.807, 2.05) is 48.7 Å². The monoisotopic (exact) mass is 1580 g/mol. The Balaban J connectivity index is 0.488. The molecule has 121 heavy (non-hydrogen) atoms. The highest BCUT2D eigenvalue weighted by Crippen LogP contribution is 2.45. The van der Waals surface area contributed by atoms with Gasteiger partial charge >= 0.3 is 10.4 Å². The van der Waals surface area contributed by atoms with Gasteiger partial charge in [0.05, 0.1) is 77.1 Å². The molecular weight excluding hydrogens is 1520 g/mol. The number of aromatic nitrogens is 9. The van der Waals surface area contributed by atoms with Crippen LogP contribution in [0.2, 0.25) is 0 Å². The maximum absolute atomic E-state index is 5.56. The van der Waals surface area contributed by atoms with Crippen LogP contribution < -0.4 is 19.9 Å². The molecule has 12 nitrogen and oxygen atoms in total. The standard InChI is InChI=1S/C107H65N12S2/c1-3-19-69(20-4-1)103-111-89(61-91(113-103)77-25-16-27-80(58-77)118-93-34-11-7-29-82(93)83-30-8-12-35-94(83)118)65-40-44-67(45-41-65)97-101-99(110-63-109-97)87-60-88(115-107(87)121-101)79-53-52-75-56-74(50-51-76(75)57-79)73-24-15-23-72(55-73)64-38-48-71(49-39-64)105-116-98(102-100(117-105)86-33-18-54-108-106(86)120-102)68-46-42-66(43-47-68)90-62-92(114-104(112-90)70-21-5-2-6-22-70)78-26-17-28-81(59-78)119-95-36-13-9-31-84(95)85-32-10-14-37-96(85)119/h1-63,105,117H/q+1. The first-order valence-corrected chi connectivity index (χ1v) is 42.0. The molecule has 564 valence electrons. The molecule has 1 N–H and O–H groups in total. The van der Waals surface area contributed by atoms with E-state index in [0.29, 0.717) is 11.6 Å². The summed E-state index contributed by atoms with van der Waals surface area (Å²) in [6, 6.07) is 129. The molecule has 0 radical (unpaired) electrons. The largest absolute Gasteiger partial charge is 0.393 e. The number of nitrogens with one attached hydrogen (secondary N) is 1. The van der Waals surface area contributed by atoms with Gasteiger partial charge in [-0.25, -0.2) is 34.9 Å². The van der Waals surface area contributed by atoms with Crippen LogP contribution in [0, 0.1) is 0 Å². The smallest absolute Gasteiger partial charge is 0.358 e. The van der Waals surface area contributed by atoms with Gasteiger partial charge in [0.2, 0.25) is 0 Å². The van der Waals surface area contributed by atoms with E-state index in [1.165, 1.54) is 21.5 Å². The second-order valence-corrected chi connectivity index (χ2v) is 32.7. The zero-order valence-electron chi connectivity index (χ0n) is 64.7. The molecule has 8 aromatic heterocycles. The first-order chi connectivity index (χ1) is 59.9. The van der Waals surface area contributed by atoms with Gasteiger partial charge in [0.1, 0.15) is 28.1 Å². The summed E-state index contributed by atoms with van der Waals surface area (Å²) in [5.41, 5.74) is 29.2. The van der Waals surface area contributed by atoms with E-state index >= 15 is 0 Å². The Hall–Kier alpha value is -15.8. The Kier molecular flexibility index (Phi) is 16.4. The number of hydrogen-bond acceptors (Lipinski definition) is 11. The lowest BCUT2D eigenvalue weighted by atomic mass is 9.95. The number of anilines is 1. The molecule has 22 aromatic rings. The van der Waals surface area contributed by atoms with E-state index in [9.17, 15) is 0 Å². The molecule has 0 bridgehead atoms. The van der Waals surface area contributed by atoms with E-state index < -0.39 is 0 Å². The molecule has 0 fully saturated rings. The maximum Gasteiger partial charge on any atom is 0.393 e. The summed E-state index contributed by atoms with van der Waals surface area (Å²) in [5, 5.41) is 13.1. The van der Waals surface area contributed by atoms with Gasteiger partial charge in [-0.3, -0.25) is 4.99 Å². The molecule has 1 atom stereocenters. The van der Waals surface area contributed by atoms with Crippen LogP contribution in [0.15, 0.2) is 381 Å². The highest BCUT2D eigenvalue weighted by atomic mass is 32.1. The van der Waals surface area contributed by atoms with Gasteiger partial charge in [0.15, 0.2) is 11.6 Å². The van der Waals surface area contributed by atoms with Gasteiger partial charge in [-0.05, 0) is 147 Å². The van der Waals surface area contributed by atoms with Crippen molar-refractivity contribution < 1.29 is 0 Å². The Morgan fingerprint density at radius 2 is 0.785 bits per heavy atom. The molecule has 14 heteroatoms. The summed E-state index contributed by atoms with van der Waals surface area (Å²) < 4.78 is 11.9. The first-order valence-electron chi connectivity index (χ1n) is 40.4. The third-order valence-corrected chi connectivity index (χ3v) is 25.7. The van der Waals surface area contributed by atoms with Crippen molar-refractivity contribution in [2.24, 2.45) is 4.99 Å². The average Bonchev–Trinajstić information content (AvgIpc) is 1.59. The molecule has 14 aromatic carbocycles. The third-order valence-electron chi connectivity index (χ3n) is 23.5. The third kappa shape index (κ3) is 12.1. The topological polar surface area (TPSA) is 139 Å². The predicted molar refractivity (Wildman–Crippen MR) is 497 cm³/mol. The SMILES string of the molecule is C1=c2c(sc3c(-c4ccc(-c5cc(-c6cccc(-n7c8ccccc8c8ccccc87)c6)nc(-c6ccccc6)n5)cc4)ncnc23)=[N+]=C1c1ccc2cc(-c3cccc(-c4ccc(C5N=C(c6ccc(-c7cc(-c8cccc(-n9c%10ccccc%10c%10ccccc%109)c8)nc(-c8ccccc8)n7)cc6)c6sc7ncccc7c6N5)cc4)c3)ccc2c1. The second kappa shape index (κ2) is 28.5. The fraction of sp³-hybridized carbons (Fsp3) is 0.00935. The fourth-order valence-corrected chi connectivity index (χ4v) is 19.8. The Labute approximate surface area is 701 Å². The molecule has 2 aliphatic heterocycles. The van der Waals surface area contributed by atoms with Crippen LogP contribution in [-0.2, 0) is 0 Å². The molecule has 0 saturated carbocycles. The van der Waals surface area contributed by atoms with E-state index in [1.54, 1.807) is 29.0 Å². The van der Waals surface area contributed by atoms with Crippen molar-refractivity contribution in [3.8, 4) is 113 Å². The molecule has 10 heterocycles. The van der Waals surface area contributed by atoms with Crippen molar-refractivity contribution in [2.45, 2.75) is 6.17 Å². The number of fused-ring (bicyclic) bond motifs is 13. The lowest BCUT2D eigenvalue weighted by molar-refractivity contribution is 0.832. The van der Waals surface area contributed by atoms with Gasteiger partial charge in [0, 0.05) is 95.1 Å². The molecule has 2 aliphatic rings. The lowest BCUT2D eigenvalue weighted by Gasteiger charge is -2.24. The van der Waals surface area contributed by atoms with Crippen molar-refractivity contribution in [1.82, 2.24) is 48.7 Å². The van der Waals surface area contributed by atoms with E-state index in [4.69, 9.17) is 44.5 Å². The number of pyridine rings is 1. The summed E-state index contributed by atoms with van der Waals surface area (Å²) in [6.45, 7) is 0. The zero-order valence-corrected chi connectivity index (χ0v) is 66.3. The van der Waals surface area contributed by atoms with Crippen LogP contribution in [0.5, 0.6) is 0 Å². The Morgan fingerprint density at radius 3 is 1.36 bits per heavy atom. The maximum atomic E-state index is 5.56. The summed E-state index contributed by atoms with van der Waals surface area (Å²) in [6.07, 6.45) is 5.36. The van der Waals surface area contributed by atoms with Crippen molar-refractivity contribution in [3.05, 3.63) is 408 Å². The number of thiophene rings is 2. The normalized spacial score (nSPS) is 13.0. The highest BCUT2D eigenvalue weighted by Gasteiger charge is 2.30. The Bertz CT molecular complexity index is 8120. The van der Waals surface area contributed by atoms with Crippen LogP contribution in [0.4, 0.5) is 5.69 Å². The zero-order chi connectivity index (χ0) is 79.6. The van der Waals surface area contributed by atoms with E-state index in [0.717, 1.165) is 203 Å². The quantitative estimate of drug-likeness (QED) is 0.106. The first kappa shape index (κ1) is 69.5. The van der Waals surface area contributed by atoms with Crippen molar-refractivity contribution in [1.29, 1.82) is 0 Å². The predicted octanol–water partition coefficient (Wildman–Crippen LogP) is 24.2. The van der Waals surface area contributed by atoms with Gasteiger partial charge in [-0.2, -0.15) is 0 Å². The van der Waals surface area contributed by atoms with Crippen LogP contribution >= 0.6 is 22.7 Å². The number of rotatable bonds is 14. The number of nitrogens with zero attached hydrogens (tertiary/aromatic N) is 11. The average molecular weight is 1580 g/mol. The van der Waals surface area contributed by atoms with Crippen LogP contribution in [0.25, 0.3) is 194 Å². The number of aliphatic imine (C=N–C) groups is 1. The molecule has 24 rings (SSSR count). The van der Waals surface area contributed by atoms with Gasteiger partial charge in [0.25, 0.3) is 0 Å². The van der Waals surface area contributed by atoms with Crippen LogP contribution in [0.3, 0.4) is 0 Å². The Morgan fingerprint density at radius 1 is 0.331 bits per heavy atom. The van der Waals surface area contributed by atoms with E-state index in [2.05, 4.69) is 342 Å². The summed E-state index contributed by atoms with van der Waals surface area (Å²) in [7, 11) is 0. The molecule has 1 unspecified atom stereocenters.